The first kappa shape index (κ1) is 17.2. The Balaban J connectivity index is 2.94. The summed E-state index contributed by atoms with van der Waals surface area (Å²) in [6.45, 7) is 11.8. The minimum Gasteiger partial charge on any atom is -0.394 e. The van der Waals surface area contributed by atoms with Gasteiger partial charge in [0.25, 0.3) is 0 Å². The highest BCUT2D eigenvalue weighted by molar-refractivity contribution is 5.25. The molecule has 0 bridgehead atoms. The van der Waals surface area contributed by atoms with Gasteiger partial charge in [0.15, 0.2) is 0 Å². The van der Waals surface area contributed by atoms with Crippen LogP contribution in [0.15, 0.2) is 30.3 Å². The van der Waals surface area contributed by atoms with Gasteiger partial charge in [-0.25, -0.2) is 0 Å². The zero-order valence-electron chi connectivity index (χ0n) is 13.4. The van der Waals surface area contributed by atoms with Crippen molar-refractivity contribution in [3.63, 3.8) is 0 Å². The lowest BCUT2D eigenvalue weighted by atomic mass is 9.86. The molecular formula is C17H30N2O. The molecule has 0 aliphatic heterocycles. The minimum atomic E-state index is -0.349. The summed E-state index contributed by atoms with van der Waals surface area (Å²) < 4.78 is 0. The summed E-state index contributed by atoms with van der Waals surface area (Å²) in [5.41, 5.74) is 0.821. The topological polar surface area (TPSA) is 35.5 Å². The van der Waals surface area contributed by atoms with E-state index in [0.29, 0.717) is 6.04 Å². The Kier molecular flexibility index (Phi) is 7.20. The normalized spacial score (nSPS) is 14.8. The van der Waals surface area contributed by atoms with Crippen LogP contribution in [0.5, 0.6) is 0 Å². The summed E-state index contributed by atoms with van der Waals surface area (Å²) in [6.07, 6.45) is 0.910. The monoisotopic (exact) mass is 278 g/mol. The van der Waals surface area contributed by atoms with Gasteiger partial charge < -0.3 is 15.3 Å². The summed E-state index contributed by atoms with van der Waals surface area (Å²) in [4.78, 5) is 2.40. The molecule has 0 aliphatic rings. The lowest BCUT2D eigenvalue weighted by Gasteiger charge is -2.37. The van der Waals surface area contributed by atoms with Crippen molar-refractivity contribution in [2.75, 3.05) is 26.2 Å². The van der Waals surface area contributed by atoms with Gasteiger partial charge >= 0.3 is 0 Å². The van der Waals surface area contributed by atoms with Gasteiger partial charge in [0.05, 0.1) is 12.1 Å². The predicted molar refractivity (Wildman–Crippen MR) is 85.9 cm³/mol. The van der Waals surface area contributed by atoms with Crippen molar-refractivity contribution >= 4 is 0 Å². The van der Waals surface area contributed by atoms with Gasteiger partial charge in [-0.1, -0.05) is 44.2 Å². The quantitative estimate of drug-likeness (QED) is 0.729. The zero-order valence-corrected chi connectivity index (χ0v) is 13.4. The number of rotatable bonds is 9. The third kappa shape index (κ3) is 4.58. The second-order valence-corrected chi connectivity index (χ2v) is 5.68. The van der Waals surface area contributed by atoms with Crippen LogP contribution >= 0.6 is 0 Å². The van der Waals surface area contributed by atoms with Crippen molar-refractivity contribution in [3.8, 4) is 0 Å². The van der Waals surface area contributed by atoms with Crippen LogP contribution in [0.2, 0.25) is 0 Å². The van der Waals surface area contributed by atoms with Gasteiger partial charge in [-0.05, 0) is 38.9 Å². The fraction of sp³-hybridized carbons (Fsp3) is 0.647. The number of benzene rings is 1. The van der Waals surface area contributed by atoms with Gasteiger partial charge in [-0.2, -0.15) is 0 Å². The molecule has 3 nitrogen and oxygen atoms in total. The maximum absolute atomic E-state index is 10.1. The lowest BCUT2D eigenvalue weighted by molar-refractivity contribution is 0.125. The first-order valence-electron chi connectivity index (χ1n) is 7.74. The lowest BCUT2D eigenvalue weighted by Crippen LogP contribution is -2.50. The average molecular weight is 278 g/mol. The van der Waals surface area contributed by atoms with E-state index in [0.717, 1.165) is 26.1 Å². The van der Waals surface area contributed by atoms with E-state index in [4.69, 9.17) is 0 Å². The standard InChI is InChI=1S/C17H30N2O/c1-5-19(6-2)13-12-17(14-20,18-15(3)4)16-10-8-7-9-11-16/h7-11,15,18,20H,5-6,12-14H2,1-4H3. The highest BCUT2D eigenvalue weighted by atomic mass is 16.3. The molecule has 1 unspecified atom stereocenters. The molecular weight excluding hydrogens is 248 g/mol. The number of hydrogen-bond acceptors (Lipinski definition) is 3. The molecule has 1 rings (SSSR count). The summed E-state index contributed by atoms with van der Waals surface area (Å²) in [6, 6.07) is 10.6. The molecule has 1 aromatic rings. The molecule has 0 amide bonds. The maximum Gasteiger partial charge on any atom is 0.0683 e. The van der Waals surface area contributed by atoms with Crippen molar-refractivity contribution in [1.29, 1.82) is 0 Å². The number of aliphatic hydroxyl groups is 1. The van der Waals surface area contributed by atoms with Crippen molar-refractivity contribution in [3.05, 3.63) is 35.9 Å². The fourth-order valence-corrected chi connectivity index (χ4v) is 2.71. The second kappa shape index (κ2) is 8.40. The molecule has 0 heterocycles. The molecule has 0 fully saturated rings. The molecule has 20 heavy (non-hydrogen) atoms. The van der Waals surface area contributed by atoms with Crippen molar-refractivity contribution in [2.45, 2.75) is 45.7 Å². The van der Waals surface area contributed by atoms with Gasteiger partial charge in [0.2, 0.25) is 0 Å². The third-order valence-electron chi connectivity index (χ3n) is 3.91. The third-order valence-corrected chi connectivity index (χ3v) is 3.91. The van der Waals surface area contributed by atoms with E-state index >= 15 is 0 Å². The second-order valence-electron chi connectivity index (χ2n) is 5.68. The van der Waals surface area contributed by atoms with E-state index in [2.05, 4.69) is 50.0 Å². The van der Waals surface area contributed by atoms with E-state index in [1.165, 1.54) is 5.56 Å². The Morgan fingerprint density at radius 3 is 2.20 bits per heavy atom. The Morgan fingerprint density at radius 2 is 1.75 bits per heavy atom. The summed E-state index contributed by atoms with van der Waals surface area (Å²) in [5, 5.41) is 13.6. The van der Waals surface area contributed by atoms with E-state index in [1.54, 1.807) is 0 Å². The number of aliphatic hydroxyl groups excluding tert-OH is 1. The van der Waals surface area contributed by atoms with Gasteiger partial charge in [0, 0.05) is 12.6 Å². The molecule has 0 saturated heterocycles. The first-order chi connectivity index (χ1) is 9.57. The molecule has 0 radical (unpaired) electrons. The highest BCUT2D eigenvalue weighted by Crippen LogP contribution is 2.26. The molecule has 1 aromatic carbocycles. The summed E-state index contributed by atoms with van der Waals surface area (Å²) >= 11 is 0. The summed E-state index contributed by atoms with van der Waals surface area (Å²) in [5.74, 6) is 0. The molecule has 114 valence electrons. The first-order valence-corrected chi connectivity index (χ1v) is 7.74. The van der Waals surface area contributed by atoms with Gasteiger partial charge in [-0.3, -0.25) is 0 Å². The Bertz CT molecular complexity index is 363. The van der Waals surface area contributed by atoms with Crippen LogP contribution in [0.3, 0.4) is 0 Å². The Morgan fingerprint density at radius 1 is 1.15 bits per heavy atom. The van der Waals surface area contributed by atoms with Crippen molar-refractivity contribution < 1.29 is 5.11 Å². The number of nitrogens with zero attached hydrogens (tertiary/aromatic N) is 1. The number of nitrogens with one attached hydrogen (secondary N) is 1. The largest absolute Gasteiger partial charge is 0.394 e. The maximum atomic E-state index is 10.1. The van der Waals surface area contributed by atoms with Crippen LogP contribution < -0.4 is 5.32 Å². The van der Waals surface area contributed by atoms with Crippen LogP contribution in [0.25, 0.3) is 0 Å². The SMILES string of the molecule is CCN(CC)CCC(CO)(NC(C)C)c1ccccc1. The fourth-order valence-electron chi connectivity index (χ4n) is 2.71. The van der Waals surface area contributed by atoms with Crippen LogP contribution in [0.1, 0.15) is 39.7 Å². The highest BCUT2D eigenvalue weighted by Gasteiger charge is 2.31. The minimum absolute atomic E-state index is 0.121. The molecule has 0 saturated carbocycles. The molecule has 2 N–H and O–H groups in total. The van der Waals surface area contributed by atoms with Crippen molar-refractivity contribution in [1.82, 2.24) is 10.2 Å². The Labute approximate surface area is 124 Å². The molecule has 3 heteroatoms. The molecule has 0 aliphatic carbocycles. The van der Waals surface area contributed by atoms with Crippen LogP contribution in [0, 0.1) is 0 Å². The Hall–Kier alpha value is -0.900. The van der Waals surface area contributed by atoms with E-state index in [1.807, 2.05) is 18.2 Å². The molecule has 0 spiro atoms. The van der Waals surface area contributed by atoms with Crippen LogP contribution in [-0.4, -0.2) is 42.3 Å². The van der Waals surface area contributed by atoms with E-state index in [-0.39, 0.29) is 12.1 Å². The van der Waals surface area contributed by atoms with Gasteiger partial charge in [0.1, 0.15) is 0 Å². The van der Waals surface area contributed by atoms with Crippen LogP contribution in [-0.2, 0) is 5.54 Å². The van der Waals surface area contributed by atoms with Crippen molar-refractivity contribution in [2.24, 2.45) is 0 Å². The predicted octanol–water partition coefficient (Wildman–Crippen LogP) is 2.60. The number of hydrogen-bond donors (Lipinski definition) is 2. The van der Waals surface area contributed by atoms with E-state index in [9.17, 15) is 5.11 Å². The smallest absolute Gasteiger partial charge is 0.0683 e. The molecule has 0 aromatic heterocycles. The average Bonchev–Trinajstić information content (AvgIpc) is 2.47. The molecule has 1 atom stereocenters. The van der Waals surface area contributed by atoms with Crippen LogP contribution in [0.4, 0.5) is 0 Å². The zero-order chi connectivity index (χ0) is 15.0. The van der Waals surface area contributed by atoms with Gasteiger partial charge in [-0.15, -0.1) is 0 Å². The van der Waals surface area contributed by atoms with E-state index < -0.39 is 0 Å². The summed E-state index contributed by atoms with van der Waals surface area (Å²) in [7, 11) is 0.